The maximum absolute atomic E-state index is 5.95. The van der Waals surface area contributed by atoms with Crippen LogP contribution in [0.5, 0.6) is 0 Å². The highest BCUT2D eigenvalue weighted by Gasteiger charge is 2.19. The van der Waals surface area contributed by atoms with Crippen molar-refractivity contribution in [3.63, 3.8) is 0 Å². The van der Waals surface area contributed by atoms with Gasteiger partial charge in [-0.05, 0) is 49.1 Å². The Morgan fingerprint density at radius 3 is 2.73 bits per heavy atom. The van der Waals surface area contributed by atoms with E-state index in [4.69, 9.17) is 16.6 Å². The summed E-state index contributed by atoms with van der Waals surface area (Å²) in [7, 11) is 0. The number of hydrogen-bond acceptors (Lipinski definition) is 4. The highest BCUT2D eigenvalue weighted by Crippen LogP contribution is 2.32. The van der Waals surface area contributed by atoms with Gasteiger partial charge in [0, 0.05) is 35.6 Å². The third kappa shape index (κ3) is 3.65. The van der Waals surface area contributed by atoms with Gasteiger partial charge in [0.25, 0.3) is 0 Å². The molecule has 1 N–H and O–H groups in total. The minimum Gasteiger partial charge on any atom is -0.350 e. The number of halogens is 1. The number of para-hydroxylation sites is 1. The number of nitrogens with zero attached hydrogens (tertiary/aromatic N) is 3. The lowest BCUT2D eigenvalue weighted by Gasteiger charge is -2.30. The zero-order chi connectivity index (χ0) is 17.9. The van der Waals surface area contributed by atoms with E-state index in [1.807, 2.05) is 31.2 Å². The number of fused-ring (bicyclic) bond motifs is 1. The Morgan fingerprint density at radius 2 is 1.88 bits per heavy atom. The lowest BCUT2D eigenvalue weighted by molar-refractivity contribution is 0.758. The lowest BCUT2D eigenvalue weighted by atomic mass is 10.0. The Kier molecular flexibility index (Phi) is 4.76. The minimum atomic E-state index is 0.651. The van der Waals surface area contributed by atoms with Crippen LogP contribution in [0.2, 0.25) is 5.02 Å². The zero-order valence-electron chi connectivity index (χ0n) is 14.7. The SMILES string of the molecule is Cc1cc(N2CCCc3ccccc32)nc(NCc2ccc(Cl)cc2)n1. The number of benzene rings is 2. The van der Waals surface area contributed by atoms with Gasteiger partial charge in [-0.15, -0.1) is 0 Å². The van der Waals surface area contributed by atoms with Crippen molar-refractivity contribution in [1.29, 1.82) is 0 Å². The van der Waals surface area contributed by atoms with Crippen LogP contribution in [-0.4, -0.2) is 16.5 Å². The van der Waals surface area contributed by atoms with E-state index in [-0.39, 0.29) is 0 Å². The summed E-state index contributed by atoms with van der Waals surface area (Å²) in [6.07, 6.45) is 2.26. The number of nitrogens with one attached hydrogen (secondary N) is 1. The molecule has 1 aliphatic heterocycles. The molecule has 0 radical (unpaired) electrons. The van der Waals surface area contributed by atoms with Crippen LogP contribution in [0.1, 0.15) is 23.2 Å². The van der Waals surface area contributed by atoms with E-state index in [0.717, 1.165) is 41.5 Å². The standard InChI is InChI=1S/C21H21ClN4/c1-15-13-20(26-12-4-6-17-5-2-3-7-19(17)26)25-21(24-15)23-14-16-8-10-18(22)11-9-16/h2-3,5,7-11,13H,4,6,12,14H2,1H3,(H,23,24,25). The van der Waals surface area contributed by atoms with Gasteiger partial charge in [0.1, 0.15) is 5.82 Å². The Balaban J connectivity index is 1.58. The molecule has 26 heavy (non-hydrogen) atoms. The molecule has 0 bridgehead atoms. The molecule has 0 aliphatic carbocycles. The van der Waals surface area contributed by atoms with Gasteiger partial charge in [0.05, 0.1) is 0 Å². The average Bonchev–Trinajstić information content (AvgIpc) is 2.67. The lowest BCUT2D eigenvalue weighted by Crippen LogP contribution is -2.25. The predicted octanol–water partition coefficient (Wildman–Crippen LogP) is 5.13. The summed E-state index contributed by atoms with van der Waals surface area (Å²) in [6.45, 7) is 3.65. The molecular formula is C21H21ClN4. The molecule has 1 aliphatic rings. The molecule has 0 saturated carbocycles. The molecule has 5 heteroatoms. The molecule has 3 aromatic rings. The molecule has 0 saturated heterocycles. The third-order valence-corrected chi connectivity index (χ3v) is 4.84. The summed E-state index contributed by atoms with van der Waals surface area (Å²) < 4.78 is 0. The molecule has 1 aromatic heterocycles. The monoisotopic (exact) mass is 364 g/mol. The molecule has 0 unspecified atom stereocenters. The first kappa shape index (κ1) is 16.9. The quantitative estimate of drug-likeness (QED) is 0.696. The van der Waals surface area contributed by atoms with Crippen molar-refractivity contribution < 1.29 is 0 Å². The van der Waals surface area contributed by atoms with Crippen LogP contribution in [-0.2, 0) is 13.0 Å². The second-order valence-electron chi connectivity index (χ2n) is 6.56. The number of rotatable bonds is 4. The third-order valence-electron chi connectivity index (χ3n) is 4.59. The van der Waals surface area contributed by atoms with Gasteiger partial charge in [-0.3, -0.25) is 0 Å². The predicted molar refractivity (Wildman–Crippen MR) is 107 cm³/mol. The Labute approximate surface area is 158 Å². The number of aryl methyl sites for hydroxylation is 2. The highest BCUT2D eigenvalue weighted by molar-refractivity contribution is 6.30. The summed E-state index contributed by atoms with van der Waals surface area (Å²) in [5, 5.41) is 4.07. The van der Waals surface area contributed by atoms with Crippen molar-refractivity contribution >= 4 is 29.1 Å². The average molecular weight is 365 g/mol. The Morgan fingerprint density at radius 1 is 1.08 bits per heavy atom. The fraction of sp³-hybridized carbons (Fsp3) is 0.238. The molecule has 0 spiro atoms. The highest BCUT2D eigenvalue weighted by atomic mass is 35.5. The van der Waals surface area contributed by atoms with Gasteiger partial charge in [0.15, 0.2) is 0 Å². The van der Waals surface area contributed by atoms with Crippen molar-refractivity contribution in [3.8, 4) is 0 Å². The first-order valence-corrected chi connectivity index (χ1v) is 9.26. The van der Waals surface area contributed by atoms with Crippen molar-refractivity contribution in [2.24, 2.45) is 0 Å². The molecule has 132 valence electrons. The molecule has 4 rings (SSSR count). The molecule has 4 nitrogen and oxygen atoms in total. The maximum Gasteiger partial charge on any atom is 0.225 e. The number of anilines is 3. The number of hydrogen-bond donors (Lipinski definition) is 1. The summed E-state index contributed by atoms with van der Waals surface area (Å²) in [6, 6.07) is 18.4. The Bertz CT molecular complexity index is 908. The van der Waals surface area contributed by atoms with Gasteiger partial charge >= 0.3 is 0 Å². The van der Waals surface area contributed by atoms with Crippen LogP contribution in [0.15, 0.2) is 54.6 Å². The Hall–Kier alpha value is -2.59. The summed E-state index contributed by atoms with van der Waals surface area (Å²) in [5.41, 5.74) is 4.73. The van der Waals surface area contributed by atoms with E-state index in [1.165, 1.54) is 11.3 Å². The van der Waals surface area contributed by atoms with Crippen molar-refractivity contribution in [3.05, 3.63) is 76.4 Å². The molecule has 2 aromatic carbocycles. The zero-order valence-corrected chi connectivity index (χ0v) is 15.5. The van der Waals surface area contributed by atoms with Crippen LogP contribution in [0, 0.1) is 6.92 Å². The van der Waals surface area contributed by atoms with E-state index in [2.05, 4.69) is 45.5 Å². The van der Waals surface area contributed by atoms with Crippen LogP contribution >= 0.6 is 11.6 Å². The van der Waals surface area contributed by atoms with E-state index in [1.54, 1.807) is 0 Å². The van der Waals surface area contributed by atoms with E-state index in [9.17, 15) is 0 Å². The van der Waals surface area contributed by atoms with E-state index in [0.29, 0.717) is 12.5 Å². The van der Waals surface area contributed by atoms with Gasteiger partial charge in [-0.1, -0.05) is 41.9 Å². The van der Waals surface area contributed by atoms with Crippen molar-refractivity contribution in [2.45, 2.75) is 26.3 Å². The van der Waals surface area contributed by atoms with Crippen LogP contribution in [0.25, 0.3) is 0 Å². The van der Waals surface area contributed by atoms with Gasteiger partial charge in [0.2, 0.25) is 5.95 Å². The fourth-order valence-electron chi connectivity index (χ4n) is 3.32. The first-order chi connectivity index (χ1) is 12.7. The molecule has 0 amide bonds. The molecule has 2 heterocycles. The minimum absolute atomic E-state index is 0.651. The van der Waals surface area contributed by atoms with Gasteiger partial charge < -0.3 is 10.2 Å². The topological polar surface area (TPSA) is 41.1 Å². The molecular weight excluding hydrogens is 344 g/mol. The van der Waals surface area contributed by atoms with Crippen LogP contribution in [0.4, 0.5) is 17.5 Å². The summed E-state index contributed by atoms with van der Waals surface area (Å²) in [5.74, 6) is 1.60. The first-order valence-electron chi connectivity index (χ1n) is 8.88. The van der Waals surface area contributed by atoms with E-state index >= 15 is 0 Å². The van der Waals surface area contributed by atoms with E-state index < -0.39 is 0 Å². The largest absolute Gasteiger partial charge is 0.350 e. The molecule has 0 fully saturated rings. The smallest absolute Gasteiger partial charge is 0.225 e. The van der Waals surface area contributed by atoms with Crippen LogP contribution < -0.4 is 10.2 Å². The van der Waals surface area contributed by atoms with Gasteiger partial charge in [-0.25, -0.2) is 4.98 Å². The second kappa shape index (κ2) is 7.34. The van der Waals surface area contributed by atoms with Crippen molar-refractivity contribution in [1.82, 2.24) is 9.97 Å². The normalized spacial score (nSPS) is 13.4. The van der Waals surface area contributed by atoms with Crippen LogP contribution in [0.3, 0.4) is 0 Å². The summed E-state index contributed by atoms with van der Waals surface area (Å²) >= 11 is 5.95. The van der Waals surface area contributed by atoms with Gasteiger partial charge in [-0.2, -0.15) is 4.98 Å². The summed E-state index contributed by atoms with van der Waals surface area (Å²) in [4.78, 5) is 11.6. The second-order valence-corrected chi connectivity index (χ2v) is 6.99. The maximum atomic E-state index is 5.95. The number of aromatic nitrogens is 2. The van der Waals surface area contributed by atoms with Crippen molar-refractivity contribution in [2.75, 3.05) is 16.8 Å². The molecule has 0 atom stereocenters. The fourth-order valence-corrected chi connectivity index (χ4v) is 3.45.